The highest BCUT2D eigenvalue weighted by atomic mass is 79.9. The number of aryl methyl sites for hydroxylation is 1. The van der Waals surface area contributed by atoms with Crippen molar-refractivity contribution in [1.82, 2.24) is 4.98 Å². The highest BCUT2D eigenvalue weighted by Crippen LogP contribution is 2.24. The van der Waals surface area contributed by atoms with Crippen molar-refractivity contribution < 1.29 is 10.0 Å². The summed E-state index contributed by atoms with van der Waals surface area (Å²) in [6, 6.07) is 6.71. The van der Waals surface area contributed by atoms with E-state index in [1.807, 2.05) is 6.92 Å². The predicted molar refractivity (Wildman–Crippen MR) is 83.6 cm³/mol. The zero-order chi connectivity index (χ0) is 15.4. The molecule has 0 spiro atoms. The fourth-order valence-electron chi connectivity index (χ4n) is 1.71. The maximum absolute atomic E-state index is 12.1. The van der Waals surface area contributed by atoms with Crippen LogP contribution in [0.5, 0.6) is 0 Å². The number of aromatic nitrogens is 1. The molecule has 4 N–H and O–H groups in total. The molecule has 0 aliphatic rings. The Morgan fingerprint density at radius 3 is 2.71 bits per heavy atom. The van der Waals surface area contributed by atoms with Crippen molar-refractivity contribution in [3.8, 4) is 0 Å². The lowest BCUT2D eigenvalue weighted by Crippen LogP contribution is -2.15. The van der Waals surface area contributed by atoms with Crippen LogP contribution in [0.1, 0.15) is 21.5 Å². The third-order valence-electron chi connectivity index (χ3n) is 2.76. The maximum atomic E-state index is 12.1. The minimum atomic E-state index is -0.261. The summed E-state index contributed by atoms with van der Waals surface area (Å²) < 4.78 is 0.626. The van der Waals surface area contributed by atoms with E-state index < -0.39 is 0 Å². The van der Waals surface area contributed by atoms with Gasteiger partial charge in [-0.3, -0.25) is 9.78 Å². The summed E-state index contributed by atoms with van der Waals surface area (Å²) in [7, 11) is 0. The monoisotopic (exact) mass is 348 g/mol. The molecule has 2 aromatic rings. The normalized spacial score (nSPS) is 11.2. The summed E-state index contributed by atoms with van der Waals surface area (Å²) in [5, 5.41) is 14.3. The van der Waals surface area contributed by atoms with E-state index in [-0.39, 0.29) is 11.7 Å². The van der Waals surface area contributed by atoms with E-state index in [4.69, 9.17) is 10.9 Å². The number of carbonyl (C=O) groups excluding carboxylic acids is 1. The minimum absolute atomic E-state index is 0.00328. The van der Waals surface area contributed by atoms with E-state index in [1.165, 1.54) is 6.20 Å². The molecular formula is C14H13BrN4O2. The Morgan fingerprint density at radius 1 is 1.33 bits per heavy atom. The number of rotatable bonds is 3. The second kappa shape index (κ2) is 6.36. The van der Waals surface area contributed by atoms with Crippen molar-refractivity contribution in [2.45, 2.75) is 6.92 Å². The first kappa shape index (κ1) is 15.0. The van der Waals surface area contributed by atoms with Crippen LogP contribution < -0.4 is 11.1 Å². The molecule has 0 aliphatic heterocycles. The lowest BCUT2D eigenvalue weighted by atomic mass is 10.1. The van der Waals surface area contributed by atoms with Gasteiger partial charge in [-0.05, 0) is 52.7 Å². The number of hydrogen-bond donors (Lipinski definition) is 3. The topological polar surface area (TPSA) is 101 Å². The van der Waals surface area contributed by atoms with Gasteiger partial charge in [0.1, 0.15) is 0 Å². The van der Waals surface area contributed by atoms with Crippen LogP contribution in [0.2, 0.25) is 0 Å². The summed E-state index contributed by atoms with van der Waals surface area (Å²) in [6.45, 7) is 1.87. The van der Waals surface area contributed by atoms with E-state index in [0.717, 1.165) is 5.56 Å². The van der Waals surface area contributed by atoms with Crippen LogP contribution in [-0.4, -0.2) is 21.9 Å². The van der Waals surface area contributed by atoms with Crippen molar-refractivity contribution in [3.63, 3.8) is 0 Å². The Kier molecular flexibility index (Phi) is 4.54. The van der Waals surface area contributed by atoms with Crippen LogP contribution in [0.3, 0.4) is 0 Å². The van der Waals surface area contributed by atoms with Crippen molar-refractivity contribution in [2.24, 2.45) is 10.9 Å². The summed E-state index contributed by atoms with van der Waals surface area (Å²) in [6.07, 6.45) is 3.18. The number of carbonyl (C=O) groups is 1. The number of pyridine rings is 1. The van der Waals surface area contributed by atoms with Gasteiger partial charge in [0, 0.05) is 22.4 Å². The Morgan fingerprint density at radius 2 is 2.10 bits per heavy atom. The van der Waals surface area contributed by atoms with Gasteiger partial charge in [-0.2, -0.15) is 0 Å². The van der Waals surface area contributed by atoms with Gasteiger partial charge in [-0.15, -0.1) is 0 Å². The van der Waals surface area contributed by atoms with Gasteiger partial charge >= 0.3 is 0 Å². The summed E-state index contributed by atoms with van der Waals surface area (Å²) in [5.41, 5.74) is 8.01. The highest BCUT2D eigenvalue weighted by molar-refractivity contribution is 9.10. The Bertz CT molecular complexity index is 716. The number of nitrogens with two attached hydrogens (primary N) is 1. The van der Waals surface area contributed by atoms with Gasteiger partial charge in [0.25, 0.3) is 5.91 Å². The zero-order valence-electron chi connectivity index (χ0n) is 11.2. The number of halogens is 1. The molecule has 0 saturated heterocycles. The van der Waals surface area contributed by atoms with Gasteiger partial charge in [0.15, 0.2) is 5.84 Å². The average Bonchev–Trinajstić information content (AvgIpc) is 2.48. The molecule has 0 bridgehead atoms. The Hall–Kier alpha value is -2.41. The number of nitrogens with one attached hydrogen (secondary N) is 1. The molecule has 0 aliphatic carbocycles. The van der Waals surface area contributed by atoms with Gasteiger partial charge in [0.2, 0.25) is 0 Å². The second-order valence-electron chi connectivity index (χ2n) is 4.38. The molecule has 0 radical (unpaired) electrons. The molecule has 0 fully saturated rings. The molecular weight excluding hydrogens is 336 g/mol. The van der Waals surface area contributed by atoms with Crippen molar-refractivity contribution in [2.75, 3.05) is 5.32 Å². The van der Waals surface area contributed by atoms with Gasteiger partial charge in [-0.1, -0.05) is 5.16 Å². The maximum Gasteiger partial charge on any atom is 0.257 e. The number of amides is 1. The largest absolute Gasteiger partial charge is 0.409 e. The standard InChI is InChI=1S/C14H13BrN4O2/c1-8-4-10(7-17-6-8)14(20)18-12-3-2-9(5-11(12)15)13(16)19-21/h2-7,21H,1H3,(H2,16,19)(H,18,20). The Balaban J connectivity index is 2.22. The molecule has 2 rings (SSSR count). The van der Waals surface area contributed by atoms with Crippen LogP contribution in [0.15, 0.2) is 46.3 Å². The summed E-state index contributed by atoms with van der Waals surface area (Å²) in [4.78, 5) is 16.1. The Labute approximate surface area is 129 Å². The first-order valence-electron chi connectivity index (χ1n) is 6.01. The number of nitrogens with zero attached hydrogens (tertiary/aromatic N) is 2. The van der Waals surface area contributed by atoms with Gasteiger partial charge in [0.05, 0.1) is 11.3 Å². The molecule has 1 aromatic carbocycles. The smallest absolute Gasteiger partial charge is 0.257 e. The van der Waals surface area contributed by atoms with Crippen LogP contribution >= 0.6 is 15.9 Å². The molecule has 0 unspecified atom stereocenters. The van der Waals surface area contributed by atoms with Crippen molar-refractivity contribution in [1.29, 1.82) is 0 Å². The van der Waals surface area contributed by atoms with E-state index >= 15 is 0 Å². The molecule has 21 heavy (non-hydrogen) atoms. The van der Waals surface area contributed by atoms with Crippen LogP contribution in [0, 0.1) is 6.92 Å². The van der Waals surface area contributed by atoms with Gasteiger partial charge < -0.3 is 16.3 Å². The number of hydrogen-bond acceptors (Lipinski definition) is 4. The SMILES string of the molecule is Cc1cncc(C(=O)Nc2ccc(/C(N)=N/O)cc2Br)c1. The summed E-state index contributed by atoms with van der Waals surface area (Å²) >= 11 is 3.34. The number of anilines is 1. The van der Waals surface area contributed by atoms with E-state index in [9.17, 15) is 4.79 Å². The fourth-order valence-corrected chi connectivity index (χ4v) is 2.19. The first-order valence-corrected chi connectivity index (χ1v) is 6.81. The first-order chi connectivity index (χ1) is 10.0. The van der Waals surface area contributed by atoms with Crippen molar-refractivity contribution >= 4 is 33.4 Å². The quantitative estimate of drug-likeness (QED) is 0.343. The highest BCUT2D eigenvalue weighted by Gasteiger charge is 2.10. The molecule has 0 saturated carbocycles. The van der Waals surface area contributed by atoms with Crippen LogP contribution in [0.25, 0.3) is 0 Å². The van der Waals surface area contributed by atoms with E-state index in [1.54, 1.807) is 30.5 Å². The van der Waals surface area contributed by atoms with Crippen molar-refractivity contribution in [3.05, 3.63) is 57.8 Å². The molecule has 0 atom stereocenters. The lowest BCUT2D eigenvalue weighted by Gasteiger charge is -2.09. The van der Waals surface area contributed by atoms with Crippen LogP contribution in [-0.2, 0) is 0 Å². The molecule has 1 heterocycles. The summed E-state index contributed by atoms with van der Waals surface area (Å²) in [5.74, 6) is -0.264. The molecule has 1 amide bonds. The zero-order valence-corrected chi connectivity index (χ0v) is 12.8. The van der Waals surface area contributed by atoms with E-state index in [0.29, 0.717) is 21.3 Å². The van der Waals surface area contributed by atoms with Crippen LogP contribution in [0.4, 0.5) is 5.69 Å². The molecule has 6 nitrogen and oxygen atoms in total. The lowest BCUT2D eigenvalue weighted by molar-refractivity contribution is 0.102. The molecule has 1 aromatic heterocycles. The third kappa shape index (κ3) is 3.57. The fraction of sp³-hybridized carbons (Fsp3) is 0.0714. The average molecular weight is 349 g/mol. The predicted octanol–water partition coefficient (Wildman–Crippen LogP) is 2.50. The van der Waals surface area contributed by atoms with E-state index in [2.05, 4.69) is 31.4 Å². The number of benzene rings is 1. The molecule has 7 heteroatoms. The second-order valence-corrected chi connectivity index (χ2v) is 5.24. The van der Waals surface area contributed by atoms with Gasteiger partial charge in [-0.25, -0.2) is 0 Å². The third-order valence-corrected chi connectivity index (χ3v) is 3.41. The minimum Gasteiger partial charge on any atom is -0.409 e. The molecule has 108 valence electrons. The number of amidine groups is 1. The number of oxime groups is 1.